The minimum absolute atomic E-state index is 0. The maximum absolute atomic E-state index is 9.98. The van der Waals surface area contributed by atoms with Crippen LogP contribution < -0.4 is 19.5 Å². The highest BCUT2D eigenvalue weighted by molar-refractivity contribution is 7.22. The number of nitrogens with one attached hydrogen (secondary N) is 1. The summed E-state index contributed by atoms with van der Waals surface area (Å²) in [5.41, 5.74) is 1.03. The lowest BCUT2D eigenvalue weighted by molar-refractivity contribution is 0.268. The molecular formula is C28H30ClNO4S. The number of thiophene rings is 1. The SMILES string of the molecule is COc1ccc(-c2sc3cc(O)ccc3c2Oc2ccc(OCCC3CCCCN3)cc2)cc1.Cl. The van der Waals surface area contributed by atoms with Crippen molar-refractivity contribution in [3.8, 4) is 39.2 Å². The zero-order valence-corrected chi connectivity index (χ0v) is 21.3. The highest BCUT2D eigenvalue weighted by Gasteiger charge is 2.17. The summed E-state index contributed by atoms with van der Waals surface area (Å²) in [6.07, 6.45) is 4.84. The maximum Gasteiger partial charge on any atom is 0.153 e. The normalized spacial score (nSPS) is 15.4. The second kappa shape index (κ2) is 11.7. The minimum Gasteiger partial charge on any atom is -0.508 e. The Morgan fingerprint density at radius 2 is 1.69 bits per heavy atom. The van der Waals surface area contributed by atoms with Crippen molar-refractivity contribution < 1.29 is 19.3 Å². The molecule has 1 fully saturated rings. The van der Waals surface area contributed by atoms with Gasteiger partial charge in [-0.2, -0.15) is 0 Å². The molecule has 1 aliphatic heterocycles. The van der Waals surface area contributed by atoms with Gasteiger partial charge >= 0.3 is 0 Å². The van der Waals surface area contributed by atoms with Gasteiger partial charge in [0.2, 0.25) is 0 Å². The summed E-state index contributed by atoms with van der Waals surface area (Å²) in [7, 11) is 1.66. The maximum atomic E-state index is 9.98. The van der Waals surface area contributed by atoms with Crippen LogP contribution in [0.3, 0.4) is 0 Å². The molecular weight excluding hydrogens is 482 g/mol. The number of hydrogen-bond acceptors (Lipinski definition) is 6. The molecule has 1 unspecified atom stereocenters. The lowest BCUT2D eigenvalue weighted by Gasteiger charge is -2.23. The predicted octanol–water partition coefficient (Wildman–Crippen LogP) is 7.41. The number of phenols is 1. The number of ether oxygens (including phenoxy) is 3. The van der Waals surface area contributed by atoms with Crippen molar-refractivity contribution in [3.63, 3.8) is 0 Å². The van der Waals surface area contributed by atoms with Crippen LogP contribution in [-0.2, 0) is 0 Å². The highest BCUT2D eigenvalue weighted by Crippen LogP contribution is 2.47. The van der Waals surface area contributed by atoms with E-state index in [4.69, 9.17) is 14.2 Å². The summed E-state index contributed by atoms with van der Waals surface area (Å²) in [6, 6.07) is 21.7. The van der Waals surface area contributed by atoms with Gasteiger partial charge in [-0.3, -0.25) is 0 Å². The van der Waals surface area contributed by atoms with E-state index >= 15 is 0 Å². The van der Waals surface area contributed by atoms with Crippen LogP contribution in [0.4, 0.5) is 0 Å². The van der Waals surface area contributed by atoms with Gasteiger partial charge in [0, 0.05) is 16.1 Å². The molecule has 3 aromatic carbocycles. The summed E-state index contributed by atoms with van der Waals surface area (Å²) in [4.78, 5) is 1.00. The number of fused-ring (bicyclic) bond motifs is 1. The molecule has 1 aromatic heterocycles. The van der Waals surface area contributed by atoms with Gasteiger partial charge in [0.15, 0.2) is 5.75 Å². The van der Waals surface area contributed by atoms with Gasteiger partial charge in [-0.15, -0.1) is 23.7 Å². The van der Waals surface area contributed by atoms with Gasteiger partial charge in [0.05, 0.1) is 18.6 Å². The van der Waals surface area contributed by atoms with Gasteiger partial charge in [0.1, 0.15) is 23.0 Å². The number of piperidine rings is 1. The fraction of sp³-hybridized carbons (Fsp3) is 0.286. The van der Waals surface area contributed by atoms with Crippen molar-refractivity contribution in [2.24, 2.45) is 0 Å². The molecule has 2 N–H and O–H groups in total. The van der Waals surface area contributed by atoms with Crippen LogP contribution in [0.2, 0.25) is 0 Å². The number of benzene rings is 3. The lowest BCUT2D eigenvalue weighted by Crippen LogP contribution is -2.35. The van der Waals surface area contributed by atoms with E-state index < -0.39 is 0 Å². The predicted molar refractivity (Wildman–Crippen MR) is 145 cm³/mol. The third-order valence-corrected chi connectivity index (χ3v) is 7.35. The second-order valence-electron chi connectivity index (χ2n) is 8.53. The third kappa shape index (κ3) is 6.01. The summed E-state index contributed by atoms with van der Waals surface area (Å²) in [6.45, 7) is 1.82. The molecule has 1 saturated heterocycles. The molecule has 2 heterocycles. The first-order valence-corrected chi connectivity index (χ1v) is 12.6. The van der Waals surface area contributed by atoms with Gasteiger partial charge < -0.3 is 24.6 Å². The third-order valence-electron chi connectivity index (χ3n) is 6.17. The van der Waals surface area contributed by atoms with Crippen molar-refractivity contribution in [2.75, 3.05) is 20.3 Å². The smallest absolute Gasteiger partial charge is 0.153 e. The topological polar surface area (TPSA) is 60.0 Å². The van der Waals surface area contributed by atoms with E-state index in [1.807, 2.05) is 54.6 Å². The molecule has 0 bridgehead atoms. The highest BCUT2D eigenvalue weighted by atomic mass is 35.5. The van der Waals surface area contributed by atoms with Crippen molar-refractivity contribution in [1.82, 2.24) is 5.32 Å². The number of methoxy groups -OCH3 is 1. The van der Waals surface area contributed by atoms with E-state index in [2.05, 4.69) is 5.32 Å². The largest absolute Gasteiger partial charge is 0.508 e. The van der Waals surface area contributed by atoms with Crippen LogP contribution in [0, 0.1) is 0 Å². The average molecular weight is 512 g/mol. The Kier molecular flexibility index (Phi) is 8.39. The van der Waals surface area contributed by atoms with E-state index in [9.17, 15) is 5.11 Å². The number of halogens is 1. The summed E-state index contributed by atoms with van der Waals surface area (Å²) in [5, 5.41) is 14.5. The van der Waals surface area contributed by atoms with E-state index in [0.717, 1.165) is 56.5 Å². The first-order chi connectivity index (χ1) is 16.7. The Hall–Kier alpha value is -2.93. The van der Waals surface area contributed by atoms with Crippen molar-refractivity contribution in [2.45, 2.75) is 31.7 Å². The number of aromatic hydroxyl groups is 1. The standard InChI is InChI=1S/C28H29NO4S.ClH/c1-31-22-8-5-19(6-9-22)28-27(25-14-7-21(30)18-26(25)34-28)33-24-12-10-23(11-13-24)32-17-15-20-4-2-3-16-29-20;/h5-14,18,20,29-30H,2-4,15-17H2,1H3;1H. The first kappa shape index (κ1) is 25.2. The molecule has 35 heavy (non-hydrogen) atoms. The van der Waals surface area contributed by atoms with Crippen molar-refractivity contribution >= 4 is 33.8 Å². The van der Waals surface area contributed by atoms with Crippen LogP contribution in [-0.4, -0.2) is 31.4 Å². The number of hydrogen-bond donors (Lipinski definition) is 2. The van der Waals surface area contributed by atoms with E-state index in [-0.39, 0.29) is 18.2 Å². The molecule has 0 amide bonds. The molecule has 1 atom stereocenters. The average Bonchev–Trinajstić information content (AvgIpc) is 3.23. The summed E-state index contributed by atoms with van der Waals surface area (Å²) < 4.78 is 18.6. The first-order valence-electron chi connectivity index (χ1n) is 11.7. The zero-order chi connectivity index (χ0) is 23.3. The summed E-state index contributed by atoms with van der Waals surface area (Å²) in [5.74, 6) is 3.41. The molecule has 0 spiro atoms. The molecule has 0 aliphatic carbocycles. The van der Waals surface area contributed by atoms with Crippen molar-refractivity contribution in [1.29, 1.82) is 0 Å². The Balaban J connectivity index is 0.00000289. The van der Waals surface area contributed by atoms with Crippen LogP contribution in [0.25, 0.3) is 20.5 Å². The molecule has 1 aliphatic rings. The van der Waals surface area contributed by atoms with Crippen LogP contribution in [0.5, 0.6) is 28.7 Å². The molecule has 0 radical (unpaired) electrons. The Morgan fingerprint density at radius 3 is 2.40 bits per heavy atom. The fourth-order valence-corrected chi connectivity index (χ4v) is 5.48. The molecule has 4 aromatic rings. The van der Waals surface area contributed by atoms with Gasteiger partial charge in [-0.25, -0.2) is 0 Å². The number of phenolic OH excluding ortho intramolecular Hbond substituents is 1. The Morgan fingerprint density at radius 1 is 0.943 bits per heavy atom. The Bertz CT molecular complexity index is 1230. The zero-order valence-electron chi connectivity index (χ0n) is 19.7. The monoisotopic (exact) mass is 511 g/mol. The van der Waals surface area contributed by atoms with E-state index in [1.165, 1.54) is 19.3 Å². The number of rotatable bonds is 8. The van der Waals surface area contributed by atoms with Crippen LogP contribution in [0.15, 0.2) is 66.7 Å². The summed E-state index contributed by atoms with van der Waals surface area (Å²) >= 11 is 1.60. The van der Waals surface area contributed by atoms with Gasteiger partial charge in [-0.05, 0) is 98.1 Å². The van der Waals surface area contributed by atoms with Gasteiger partial charge in [-0.1, -0.05) is 6.42 Å². The van der Waals surface area contributed by atoms with Crippen LogP contribution in [0.1, 0.15) is 25.7 Å². The van der Waals surface area contributed by atoms with E-state index in [0.29, 0.717) is 12.6 Å². The quantitative estimate of drug-likeness (QED) is 0.258. The van der Waals surface area contributed by atoms with Gasteiger partial charge in [0.25, 0.3) is 0 Å². The molecule has 5 nitrogen and oxygen atoms in total. The van der Waals surface area contributed by atoms with Crippen molar-refractivity contribution in [3.05, 3.63) is 66.7 Å². The minimum atomic E-state index is 0. The molecule has 0 saturated carbocycles. The molecule has 5 rings (SSSR count). The van der Waals surface area contributed by atoms with E-state index in [1.54, 1.807) is 30.6 Å². The second-order valence-corrected chi connectivity index (χ2v) is 9.58. The van der Waals surface area contributed by atoms with Crippen LogP contribution >= 0.6 is 23.7 Å². The Labute approximate surface area is 216 Å². The molecule has 7 heteroatoms. The lowest BCUT2D eigenvalue weighted by atomic mass is 10.0. The molecule has 184 valence electrons. The fourth-order valence-electron chi connectivity index (χ4n) is 4.31.